The van der Waals surface area contributed by atoms with E-state index in [0.717, 1.165) is 6.07 Å². The Balaban J connectivity index is 1.66. The van der Waals surface area contributed by atoms with Crippen molar-refractivity contribution in [2.45, 2.75) is 31.6 Å². The number of nitrogens with zero attached hydrogens (tertiary/aromatic N) is 1. The summed E-state index contributed by atoms with van der Waals surface area (Å²) in [6, 6.07) is 11.3. The van der Waals surface area contributed by atoms with E-state index in [4.69, 9.17) is 16.3 Å². The number of rotatable bonds is 6. The predicted molar refractivity (Wildman–Crippen MR) is 126 cm³/mol. The zero-order valence-corrected chi connectivity index (χ0v) is 19.4. The van der Waals surface area contributed by atoms with E-state index in [2.05, 4.69) is 5.32 Å². The van der Waals surface area contributed by atoms with Gasteiger partial charge in [0.05, 0.1) is 33.2 Å². The van der Waals surface area contributed by atoms with Crippen molar-refractivity contribution in [3.05, 3.63) is 76.6 Å². The molecular formula is C26H20ClF3N2O3. The largest absolute Gasteiger partial charge is 0.422 e. The molecule has 0 unspecified atom stereocenters. The van der Waals surface area contributed by atoms with E-state index in [1.54, 1.807) is 18.2 Å². The summed E-state index contributed by atoms with van der Waals surface area (Å²) in [6.45, 7) is 1.87. The molecule has 1 saturated carbocycles. The van der Waals surface area contributed by atoms with Gasteiger partial charge in [-0.05, 0) is 42.3 Å². The molecule has 1 aliphatic carbocycles. The fourth-order valence-corrected chi connectivity index (χ4v) is 4.72. The summed E-state index contributed by atoms with van der Waals surface area (Å²) in [5.41, 5.74) is -0.235. The monoisotopic (exact) mass is 500 g/mol. The van der Waals surface area contributed by atoms with Gasteiger partial charge in [-0.2, -0.15) is 0 Å². The number of Topliss-reactive ketones (excluding diaryl/α,β-unsaturated/α-hetero) is 1. The number of carbonyl (C=O) groups excluding carboxylic acids is 2. The van der Waals surface area contributed by atoms with E-state index in [9.17, 15) is 18.4 Å². The third-order valence-corrected chi connectivity index (χ3v) is 6.65. The average molecular weight is 501 g/mol. The topological polar surface area (TPSA) is 58.6 Å². The molecular weight excluding hydrogens is 481 g/mol. The van der Waals surface area contributed by atoms with E-state index >= 15 is 4.39 Å². The van der Waals surface area contributed by atoms with Gasteiger partial charge in [0.2, 0.25) is 0 Å². The van der Waals surface area contributed by atoms with Gasteiger partial charge in [0.25, 0.3) is 0 Å². The van der Waals surface area contributed by atoms with Crippen molar-refractivity contribution in [3.63, 3.8) is 0 Å². The van der Waals surface area contributed by atoms with Gasteiger partial charge >= 0.3 is 5.97 Å². The van der Waals surface area contributed by atoms with Crippen molar-refractivity contribution < 1.29 is 27.5 Å². The summed E-state index contributed by atoms with van der Waals surface area (Å²) in [6.07, 6.45) is 0.832. The number of anilines is 4. The highest BCUT2D eigenvalue weighted by molar-refractivity contribution is 6.33. The van der Waals surface area contributed by atoms with Crippen LogP contribution in [0.1, 0.15) is 31.7 Å². The van der Waals surface area contributed by atoms with E-state index in [-0.39, 0.29) is 58.7 Å². The maximum Gasteiger partial charge on any atom is 0.311 e. The average Bonchev–Trinajstić information content (AvgIpc) is 3.34. The first-order valence-corrected chi connectivity index (χ1v) is 11.5. The van der Waals surface area contributed by atoms with Crippen molar-refractivity contribution in [3.8, 4) is 5.75 Å². The molecule has 3 aromatic rings. The van der Waals surface area contributed by atoms with Crippen LogP contribution in [0.5, 0.6) is 5.75 Å². The molecule has 2 aliphatic rings. The molecule has 5 nitrogen and oxygen atoms in total. The summed E-state index contributed by atoms with van der Waals surface area (Å²) in [4.78, 5) is 26.3. The maximum absolute atomic E-state index is 15.1. The van der Waals surface area contributed by atoms with Gasteiger partial charge in [-0.15, -0.1) is 0 Å². The number of nitrogens with one attached hydrogen (secondary N) is 1. The van der Waals surface area contributed by atoms with Crippen LogP contribution in [0, 0.1) is 17.5 Å². The van der Waals surface area contributed by atoms with Gasteiger partial charge in [-0.25, -0.2) is 13.2 Å². The first-order valence-electron chi connectivity index (χ1n) is 11.1. The highest BCUT2D eigenvalue weighted by Crippen LogP contribution is 2.58. The van der Waals surface area contributed by atoms with Gasteiger partial charge in [0.15, 0.2) is 17.4 Å². The highest BCUT2D eigenvalue weighted by atomic mass is 35.5. The summed E-state index contributed by atoms with van der Waals surface area (Å²) in [5, 5.41) is 2.97. The minimum atomic E-state index is -1.10. The number of carbonyl (C=O) groups is 2. The molecule has 0 amide bonds. The van der Waals surface area contributed by atoms with Crippen molar-refractivity contribution in [2.24, 2.45) is 0 Å². The van der Waals surface area contributed by atoms with E-state index < -0.39 is 28.8 Å². The minimum Gasteiger partial charge on any atom is -0.422 e. The quantitative estimate of drug-likeness (QED) is 0.306. The Kier molecular flexibility index (Phi) is 5.71. The molecule has 1 atom stereocenters. The van der Waals surface area contributed by atoms with Gasteiger partial charge in [-0.1, -0.05) is 36.7 Å². The Hall–Kier alpha value is -3.52. The van der Waals surface area contributed by atoms with Gasteiger partial charge < -0.3 is 15.0 Å². The third kappa shape index (κ3) is 3.82. The number of ether oxygens (including phenoxy) is 1. The Labute approximate surface area is 204 Å². The molecule has 1 fully saturated rings. The van der Waals surface area contributed by atoms with Crippen LogP contribution < -0.4 is 15.0 Å². The summed E-state index contributed by atoms with van der Waals surface area (Å²) < 4.78 is 49.5. The number of hydrogen-bond donors (Lipinski definition) is 1. The van der Waals surface area contributed by atoms with Crippen molar-refractivity contribution >= 4 is 46.1 Å². The van der Waals surface area contributed by atoms with Crippen LogP contribution in [0.3, 0.4) is 0 Å². The predicted octanol–water partition coefficient (Wildman–Crippen LogP) is 6.57. The van der Waals surface area contributed by atoms with Crippen molar-refractivity contribution in [1.82, 2.24) is 0 Å². The first kappa shape index (κ1) is 23.2. The van der Waals surface area contributed by atoms with Crippen LogP contribution >= 0.6 is 11.6 Å². The molecule has 9 heteroatoms. The van der Waals surface area contributed by atoms with E-state index in [0.29, 0.717) is 12.0 Å². The van der Waals surface area contributed by atoms with Crippen molar-refractivity contribution in [2.75, 3.05) is 16.8 Å². The van der Waals surface area contributed by atoms with E-state index in [1.807, 2.05) is 6.92 Å². The molecule has 0 radical (unpaired) electrons. The van der Waals surface area contributed by atoms with Crippen LogP contribution in [-0.2, 0) is 15.0 Å². The molecule has 1 heterocycles. The minimum absolute atomic E-state index is 0.00923. The Bertz CT molecular complexity index is 1360. The zero-order valence-electron chi connectivity index (χ0n) is 18.6. The standard InChI is InChI=1S/C26H20ClF3N2O3/c1-2-5-21(34)35-25-18(31-23-15(27)6-3-7-17(23)29)8-4-9-19(25)32-13-26(12-20(26)33)14-10-11-16(28)22(30)24(14)32/h3-4,6-11,31H,2,5,12-13H2,1H3/t26-/m1/s1. The molecule has 0 saturated heterocycles. The van der Waals surface area contributed by atoms with Crippen molar-refractivity contribution in [1.29, 1.82) is 0 Å². The highest BCUT2D eigenvalue weighted by Gasteiger charge is 2.61. The molecule has 1 N–H and O–H groups in total. The number of ketones is 1. The van der Waals surface area contributed by atoms with Crippen LogP contribution in [0.15, 0.2) is 48.5 Å². The fourth-order valence-electron chi connectivity index (χ4n) is 4.51. The summed E-state index contributed by atoms with van der Waals surface area (Å²) in [7, 11) is 0. The second kappa shape index (κ2) is 8.61. The summed E-state index contributed by atoms with van der Waals surface area (Å²) >= 11 is 6.17. The molecule has 5 rings (SSSR count). The van der Waals surface area contributed by atoms with Crippen LogP contribution in [0.4, 0.5) is 35.9 Å². The first-order chi connectivity index (χ1) is 16.8. The molecule has 3 aromatic carbocycles. The Morgan fingerprint density at radius 2 is 1.86 bits per heavy atom. The molecule has 0 bridgehead atoms. The molecule has 1 spiro atoms. The SMILES string of the molecule is CCCC(=O)Oc1c(Nc2c(F)cccc2Cl)cccc1N1C[C@]2(CC2=O)c2ccc(F)c(F)c21. The molecule has 0 aromatic heterocycles. The van der Waals surface area contributed by atoms with Crippen LogP contribution in [0.2, 0.25) is 5.02 Å². The van der Waals surface area contributed by atoms with E-state index in [1.165, 1.54) is 29.2 Å². The molecule has 35 heavy (non-hydrogen) atoms. The fraction of sp³-hybridized carbons (Fsp3) is 0.231. The van der Waals surface area contributed by atoms with Gasteiger partial charge in [0.1, 0.15) is 11.6 Å². The zero-order chi connectivity index (χ0) is 24.9. The number of esters is 1. The summed E-state index contributed by atoms with van der Waals surface area (Å²) in [5.74, 6) is -3.43. The third-order valence-electron chi connectivity index (χ3n) is 6.33. The lowest BCUT2D eigenvalue weighted by atomic mass is 9.98. The molecule has 180 valence electrons. The van der Waals surface area contributed by atoms with Crippen LogP contribution in [-0.4, -0.2) is 18.3 Å². The second-order valence-electron chi connectivity index (χ2n) is 8.63. The van der Waals surface area contributed by atoms with Gasteiger partial charge in [0, 0.05) is 19.4 Å². The Morgan fingerprint density at radius 3 is 2.54 bits per heavy atom. The van der Waals surface area contributed by atoms with Gasteiger partial charge in [-0.3, -0.25) is 9.59 Å². The Morgan fingerprint density at radius 1 is 1.11 bits per heavy atom. The second-order valence-corrected chi connectivity index (χ2v) is 9.03. The number of para-hydroxylation sites is 2. The number of hydrogen-bond acceptors (Lipinski definition) is 5. The lowest BCUT2D eigenvalue weighted by Crippen LogP contribution is -2.23. The normalized spacial score (nSPS) is 18.1. The number of halogens is 4. The lowest BCUT2D eigenvalue weighted by molar-refractivity contribution is -0.134. The number of fused-ring (bicyclic) bond motifs is 2. The molecule has 1 aliphatic heterocycles. The van der Waals surface area contributed by atoms with Crippen LogP contribution in [0.25, 0.3) is 0 Å². The smallest absolute Gasteiger partial charge is 0.311 e. The number of benzene rings is 3. The maximum atomic E-state index is 15.1. The lowest BCUT2D eigenvalue weighted by Gasteiger charge is -2.25.